The number of phenols is 1. The number of carbonyl (C=O) groups is 2. The molecule has 0 heterocycles. The molecule has 0 saturated carbocycles. The standard InChI is InChI=1S/C19H23N3O7/c1-6-21(7-2)17(24)13(11-20)8-12-9-14(22(26)27)16(23)15(10-12)28-18(25)29-19(3,4)5/h8-10,23H,6-7H2,1-5H3. The van der Waals surface area contributed by atoms with E-state index in [4.69, 9.17) is 9.47 Å². The summed E-state index contributed by atoms with van der Waals surface area (Å²) < 4.78 is 9.86. The van der Waals surface area contributed by atoms with E-state index in [1.165, 1.54) is 4.90 Å². The van der Waals surface area contributed by atoms with Gasteiger partial charge in [-0.25, -0.2) is 4.79 Å². The van der Waals surface area contributed by atoms with Crippen molar-refractivity contribution in [3.63, 3.8) is 0 Å². The summed E-state index contributed by atoms with van der Waals surface area (Å²) in [5.74, 6) is -1.97. The Labute approximate surface area is 168 Å². The van der Waals surface area contributed by atoms with E-state index in [9.17, 15) is 30.1 Å². The van der Waals surface area contributed by atoms with E-state index in [0.29, 0.717) is 13.1 Å². The maximum atomic E-state index is 12.4. The minimum Gasteiger partial charge on any atom is -0.499 e. The summed E-state index contributed by atoms with van der Waals surface area (Å²) >= 11 is 0. The Bertz CT molecular complexity index is 875. The van der Waals surface area contributed by atoms with Gasteiger partial charge in [0, 0.05) is 19.2 Å². The molecule has 0 bridgehead atoms. The van der Waals surface area contributed by atoms with Crippen LogP contribution in [0, 0.1) is 21.4 Å². The third kappa shape index (κ3) is 6.49. The van der Waals surface area contributed by atoms with Crippen molar-refractivity contribution >= 4 is 23.8 Å². The number of carbonyl (C=O) groups excluding carboxylic acids is 2. The SMILES string of the molecule is CCN(CC)C(=O)C(C#N)=Cc1cc(OC(=O)OC(C)(C)C)c(O)c([N+](=O)[O-])c1. The van der Waals surface area contributed by atoms with E-state index in [2.05, 4.69) is 0 Å². The normalized spacial score (nSPS) is 11.4. The van der Waals surface area contributed by atoms with Gasteiger partial charge in [-0.05, 0) is 52.3 Å². The highest BCUT2D eigenvalue weighted by Gasteiger charge is 2.25. The van der Waals surface area contributed by atoms with Crippen molar-refractivity contribution in [1.82, 2.24) is 4.90 Å². The van der Waals surface area contributed by atoms with Crippen LogP contribution in [0.5, 0.6) is 11.5 Å². The molecule has 0 atom stereocenters. The van der Waals surface area contributed by atoms with Gasteiger partial charge >= 0.3 is 11.8 Å². The van der Waals surface area contributed by atoms with E-state index < -0.39 is 39.8 Å². The van der Waals surface area contributed by atoms with Crippen LogP contribution in [-0.2, 0) is 9.53 Å². The van der Waals surface area contributed by atoms with Gasteiger partial charge in [-0.2, -0.15) is 5.26 Å². The topological polar surface area (TPSA) is 143 Å². The van der Waals surface area contributed by atoms with Gasteiger partial charge in [0.25, 0.3) is 5.91 Å². The number of ether oxygens (including phenoxy) is 2. The molecule has 0 radical (unpaired) electrons. The molecule has 10 nitrogen and oxygen atoms in total. The number of nitro groups is 1. The van der Waals surface area contributed by atoms with E-state index in [1.807, 2.05) is 0 Å². The number of aromatic hydroxyl groups is 1. The lowest BCUT2D eigenvalue weighted by Crippen LogP contribution is -2.31. The van der Waals surface area contributed by atoms with Crippen LogP contribution in [0.4, 0.5) is 10.5 Å². The molecule has 1 rings (SSSR count). The lowest BCUT2D eigenvalue weighted by atomic mass is 10.1. The molecule has 0 fully saturated rings. The summed E-state index contributed by atoms with van der Waals surface area (Å²) in [5, 5.41) is 30.6. The molecule has 0 aliphatic rings. The molecule has 10 heteroatoms. The lowest BCUT2D eigenvalue weighted by molar-refractivity contribution is -0.385. The smallest absolute Gasteiger partial charge is 0.499 e. The van der Waals surface area contributed by atoms with Gasteiger partial charge in [0.2, 0.25) is 5.75 Å². The number of nitro benzene ring substituents is 1. The molecule has 0 saturated heterocycles. The Morgan fingerprint density at radius 1 is 1.31 bits per heavy atom. The number of nitrogens with zero attached hydrogens (tertiary/aromatic N) is 3. The molecule has 0 spiro atoms. The first-order valence-electron chi connectivity index (χ1n) is 8.76. The molecule has 0 aliphatic carbocycles. The minimum absolute atomic E-state index is 0.0186. The zero-order chi connectivity index (χ0) is 22.4. The maximum Gasteiger partial charge on any atom is 0.514 e. The van der Waals surface area contributed by atoms with Gasteiger partial charge in [-0.3, -0.25) is 14.9 Å². The Morgan fingerprint density at radius 3 is 2.34 bits per heavy atom. The molecule has 1 aromatic carbocycles. The lowest BCUT2D eigenvalue weighted by Gasteiger charge is -2.19. The summed E-state index contributed by atoms with van der Waals surface area (Å²) in [5.41, 5.74) is -1.90. The minimum atomic E-state index is -1.18. The Balaban J connectivity index is 3.43. The second-order valence-corrected chi connectivity index (χ2v) is 6.86. The molecule has 0 aromatic heterocycles. The highest BCUT2D eigenvalue weighted by Crippen LogP contribution is 2.38. The van der Waals surface area contributed by atoms with E-state index in [-0.39, 0.29) is 11.1 Å². The average Bonchev–Trinajstić information content (AvgIpc) is 2.60. The summed E-state index contributed by atoms with van der Waals surface area (Å²) in [7, 11) is 0. The quantitative estimate of drug-likeness (QED) is 0.189. The molecule has 1 aromatic rings. The Kier molecular flexibility index (Phi) is 7.71. The molecular formula is C19H23N3O7. The summed E-state index contributed by atoms with van der Waals surface area (Å²) in [6, 6.07) is 3.82. The monoisotopic (exact) mass is 405 g/mol. The number of amides is 1. The van der Waals surface area contributed by atoms with Crippen LogP contribution >= 0.6 is 0 Å². The molecule has 0 unspecified atom stereocenters. The zero-order valence-electron chi connectivity index (χ0n) is 16.9. The fraction of sp³-hybridized carbons (Fsp3) is 0.421. The second kappa shape index (κ2) is 9.54. The first-order valence-corrected chi connectivity index (χ1v) is 8.76. The van der Waals surface area contributed by atoms with E-state index in [0.717, 1.165) is 18.2 Å². The van der Waals surface area contributed by atoms with Gasteiger partial charge in [0.1, 0.15) is 17.2 Å². The zero-order valence-corrected chi connectivity index (χ0v) is 16.9. The molecule has 156 valence electrons. The van der Waals surface area contributed by atoms with Crippen molar-refractivity contribution < 1.29 is 29.1 Å². The molecule has 29 heavy (non-hydrogen) atoms. The summed E-state index contributed by atoms with van der Waals surface area (Å²) in [6.07, 6.45) is -0.0577. The van der Waals surface area contributed by atoms with Crippen LogP contribution in [-0.4, -0.2) is 45.7 Å². The van der Waals surface area contributed by atoms with Gasteiger partial charge in [0.15, 0.2) is 5.75 Å². The van der Waals surface area contributed by atoms with Gasteiger partial charge in [-0.1, -0.05) is 0 Å². The van der Waals surface area contributed by atoms with Crippen molar-refractivity contribution in [2.75, 3.05) is 13.1 Å². The van der Waals surface area contributed by atoms with Crippen molar-refractivity contribution in [2.24, 2.45) is 0 Å². The largest absolute Gasteiger partial charge is 0.514 e. The summed E-state index contributed by atoms with van der Waals surface area (Å²) in [6.45, 7) is 9.01. The predicted octanol–water partition coefficient (Wildman–Crippen LogP) is 3.39. The van der Waals surface area contributed by atoms with Gasteiger partial charge < -0.3 is 19.5 Å². The van der Waals surface area contributed by atoms with Crippen molar-refractivity contribution in [2.45, 2.75) is 40.2 Å². The highest BCUT2D eigenvalue weighted by molar-refractivity contribution is 6.01. The molecule has 1 amide bonds. The number of hydrogen-bond acceptors (Lipinski definition) is 8. The van der Waals surface area contributed by atoms with Gasteiger partial charge in [0.05, 0.1) is 4.92 Å². The van der Waals surface area contributed by atoms with Crippen LogP contribution < -0.4 is 4.74 Å². The number of benzene rings is 1. The number of rotatable bonds is 6. The predicted molar refractivity (Wildman–Crippen MR) is 103 cm³/mol. The molecule has 0 aliphatic heterocycles. The molecule has 1 N–H and O–H groups in total. The third-order valence-corrected chi connectivity index (χ3v) is 3.57. The third-order valence-electron chi connectivity index (χ3n) is 3.57. The number of hydrogen-bond donors (Lipinski definition) is 1. The van der Waals surface area contributed by atoms with Crippen molar-refractivity contribution in [3.05, 3.63) is 33.4 Å². The Morgan fingerprint density at radius 2 is 1.90 bits per heavy atom. The van der Waals surface area contributed by atoms with E-state index >= 15 is 0 Å². The maximum absolute atomic E-state index is 12.4. The highest BCUT2D eigenvalue weighted by atomic mass is 16.7. The second-order valence-electron chi connectivity index (χ2n) is 6.86. The van der Waals surface area contributed by atoms with Crippen LogP contribution in [0.25, 0.3) is 6.08 Å². The Hall–Kier alpha value is -3.61. The van der Waals surface area contributed by atoms with Crippen LogP contribution in [0.1, 0.15) is 40.2 Å². The van der Waals surface area contributed by atoms with Gasteiger partial charge in [-0.15, -0.1) is 0 Å². The van der Waals surface area contributed by atoms with Crippen LogP contribution in [0.2, 0.25) is 0 Å². The first kappa shape index (κ1) is 23.4. The van der Waals surface area contributed by atoms with Crippen LogP contribution in [0.15, 0.2) is 17.7 Å². The summed E-state index contributed by atoms with van der Waals surface area (Å²) in [4.78, 5) is 36.0. The van der Waals surface area contributed by atoms with E-state index in [1.54, 1.807) is 40.7 Å². The first-order chi connectivity index (χ1) is 13.4. The van der Waals surface area contributed by atoms with Crippen molar-refractivity contribution in [3.8, 4) is 17.6 Å². The van der Waals surface area contributed by atoms with Crippen LogP contribution in [0.3, 0.4) is 0 Å². The average molecular weight is 405 g/mol. The number of nitriles is 1. The van der Waals surface area contributed by atoms with Crippen molar-refractivity contribution in [1.29, 1.82) is 5.26 Å². The molecular weight excluding hydrogens is 382 g/mol. The fourth-order valence-electron chi connectivity index (χ4n) is 2.26. The fourth-order valence-corrected chi connectivity index (χ4v) is 2.26. The number of likely N-dealkylation sites (N-methyl/N-ethyl adjacent to an activating group) is 1. The number of phenolic OH excluding ortho intramolecular Hbond substituents is 1.